The zero-order valence-corrected chi connectivity index (χ0v) is 20.1. The van der Waals surface area contributed by atoms with Gasteiger partial charge in [-0.05, 0) is 24.6 Å². The van der Waals surface area contributed by atoms with E-state index in [1.165, 1.54) is 37.6 Å². The lowest BCUT2D eigenvalue weighted by Gasteiger charge is -2.35. The summed E-state index contributed by atoms with van der Waals surface area (Å²) in [5.41, 5.74) is 0. The second-order valence-electron chi connectivity index (χ2n) is 6.88. The molecule has 0 radical (unpaired) electrons. The van der Waals surface area contributed by atoms with Gasteiger partial charge in [-0.1, -0.05) is 32.0 Å². The Labute approximate surface area is 186 Å². The van der Waals surface area contributed by atoms with Crippen LogP contribution in [0.2, 0.25) is 0 Å². The Bertz CT molecular complexity index is 520. The van der Waals surface area contributed by atoms with Crippen LogP contribution in [0.15, 0.2) is 40.2 Å². The number of hydrogen-bond donors (Lipinski definition) is 2. The summed E-state index contributed by atoms with van der Waals surface area (Å²) in [4.78, 5) is 10.8. The van der Waals surface area contributed by atoms with E-state index in [2.05, 4.69) is 69.6 Å². The first kappa shape index (κ1) is 24.5. The first-order valence-corrected chi connectivity index (χ1v) is 10.8. The maximum absolute atomic E-state index is 4.34. The van der Waals surface area contributed by atoms with Crippen LogP contribution in [0.3, 0.4) is 0 Å². The predicted molar refractivity (Wildman–Crippen MR) is 130 cm³/mol. The largest absolute Gasteiger partial charge is 0.356 e. The van der Waals surface area contributed by atoms with Crippen LogP contribution in [0.4, 0.5) is 0 Å². The van der Waals surface area contributed by atoms with Gasteiger partial charge in [0, 0.05) is 63.5 Å². The van der Waals surface area contributed by atoms with Crippen molar-refractivity contribution < 1.29 is 0 Å². The molecule has 1 aromatic carbocycles. The van der Waals surface area contributed by atoms with Crippen molar-refractivity contribution in [2.45, 2.75) is 18.7 Å². The number of rotatable bonds is 9. The number of hydrogen-bond acceptors (Lipinski definition) is 4. The average molecular weight is 506 g/mol. The van der Waals surface area contributed by atoms with E-state index >= 15 is 0 Å². The molecule has 27 heavy (non-hydrogen) atoms. The van der Waals surface area contributed by atoms with Gasteiger partial charge in [0.2, 0.25) is 0 Å². The molecule has 1 unspecified atom stereocenters. The quantitative estimate of drug-likeness (QED) is 0.178. The summed E-state index contributed by atoms with van der Waals surface area (Å²) in [6.07, 6.45) is 0. The molecule has 154 valence electrons. The molecule has 0 saturated carbocycles. The molecular weight excluding hydrogens is 469 g/mol. The summed E-state index contributed by atoms with van der Waals surface area (Å²) in [7, 11) is 1.84. The van der Waals surface area contributed by atoms with E-state index in [-0.39, 0.29) is 24.0 Å². The third-order valence-electron chi connectivity index (χ3n) is 4.73. The molecule has 7 heteroatoms. The fraction of sp³-hybridized carbons (Fsp3) is 0.650. The molecule has 1 aliphatic heterocycles. The number of nitrogens with zero attached hydrogens (tertiary/aromatic N) is 3. The summed E-state index contributed by atoms with van der Waals surface area (Å²) in [5, 5.41) is 6.88. The van der Waals surface area contributed by atoms with Crippen molar-refractivity contribution in [2.24, 2.45) is 10.9 Å². The van der Waals surface area contributed by atoms with Crippen LogP contribution in [-0.4, -0.2) is 80.9 Å². The van der Waals surface area contributed by atoms with E-state index in [1.807, 2.05) is 18.8 Å². The van der Waals surface area contributed by atoms with E-state index < -0.39 is 0 Å². The normalized spacial score (nSPS) is 17.2. The van der Waals surface area contributed by atoms with Gasteiger partial charge in [-0.15, -0.1) is 35.7 Å². The van der Waals surface area contributed by atoms with E-state index in [0.717, 1.165) is 31.3 Å². The smallest absolute Gasteiger partial charge is 0.191 e. The summed E-state index contributed by atoms with van der Waals surface area (Å²) in [6.45, 7) is 13.6. The zero-order chi connectivity index (χ0) is 18.6. The molecule has 2 rings (SSSR count). The monoisotopic (exact) mass is 505 g/mol. The van der Waals surface area contributed by atoms with Gasteiger partial charge < -0.3 is 20.4 Å². The summed E-state index contributed by atoms with van der Waals surface area (Å²) in [6, 6.07) is 10.5. The molecule has 0 bridgehead atoms. The van der Waals surface area contributed by atoms with Crippen LogP contribution in [0.25, 0.3) is 0 Å². The number of thioether (sulfide) groups is 1. The fourth-order valence-corrected chi connectivity index (χ4v) is 3.93. The summed E-state index contributed by atoms with van der Waals surface area (Å²) >= 11 is 1.87. The number of aliphatic imine (C=N–C) groups is 1. The molecule has 1 fully saturated rings. The van der Waals surface area contributed by atoms with Crippen molar-refractivity contribution in [1.29, 1.82) is 0 Å². The molecule has 1 saturated heterocycles. The second kappa shape index (κ2) is 14.5. The predicted octanol–water partition coefficient (Wildman–Crippen LogP) is 2.84. The van der Waals surface area contributed by atoms with Crippen molar-refractivity contribution in [1.82, 2.24) is 20.4 Å². The van der Waals surface area contributed by atoms with Crippen LogP contribution in [0.1, 0.15) is 13.8 Å². The Morgan fingerprint density at radius 1 is 1.11 bits per heavy atom. The average Bonchev–Trinajstić information content (AvgIpc) is 2.69. The van der Waals surface area contributed by atoms with Crippen molar-refractivity contribution >= 4 is 41.7 Å². The highest BCUT2D eigenvalue weighted by Gasteiger charge is 2.17. The molecule has 0 aromatic heterocycles. The van der Waals surface area contributed by atoms with Crippen molar-refractivity contribution in [2.75, 3.05) is 65.2 Å². The minimum Gasteiger partial charge on any atom is -0.356 e. The Morgan fingerprint density at radius 2 is 1.78 bits per heavy atom. The highest BCUT2D eigenvalue weighted by molar-refractivity contribution is 14.0. The molecule has 0 aliphatic carbocycles. The Balaban J connectivity index is 0.00000364. The maximum atomic E-state index is 4.34. The van der Waals surface area contributed by atoms with Crippen molar-refractivity contribution in [3.8, 4) is 0 Å². The highest BCUT2D eigenvalue weighted by Crippen LogP contribution is 2.15. The molecule has 1 atom stereocenters. The standard InChI is InChI=1S/C20H35N5S.HI/c1-4-24-11-13-25(14-12-24)17-18(2)16-23-20(21-3)22-10-15-26-19-8-6-5-7-9-19;/h5-9,18H,4,10-17H2,1-3H3,(H2,21,22,23);1H. The van der Waals surface area contributed by atoms with Crippen LogP contribution in [0, 0.1) is 5.92 Å². The third kappa shape index (κ3) is 10.0. The number of piperazine rings is 1. The van der Waals surface area contributed by atoms with Gasteiger partial charge in [0.05, 0.1) is 0 Å². The second-order valence-corrected chi connectivity index (χ2v) is 8.05. The fourth-order valence-electron chi connectivity index (χ4n) is 3.14. The van der Waals surface area contributed by atoms with Gasteiger partial charge in [-0.25, -0.2) is 0 Å². The first-order valence-electron chi connectivity index (χ1n) is 9.78. The van der Waals surface area contributed by atoms with Crippen molar-refractivity contribution in [3.63, 3.8) is 0 Å². The summed E-state index contributed by atoms with van der Waals surface area (Å²) < 4.78 is 0. The van der Waals surface area contributed by atoms with E-state index in [9.17, 15) is 0 Å². The third-order valence-corrected chi connectivity index (χ3v) is 5.74. The zero-order valence-electron chi connectivity index (χ0n) is 17.0. The van der Waals surface area contributed by atoms with Crippen LogP contribution in [0.5, 0.6) is 0 Å². The molecule has 0 spiro atoms. The molecule has 2 N–H and O–H groups in total. The Hall–Kier alpha value is -0.510. The summed E-state index contributed by atoms with van der Waals surface area (Å²) in [5.74, 6) is 2.55. The first-order chi connectivity index (χ1) is 12.7. The van der Waals surface area contributed by atoms with Crippen LogP contribution in [-0.2, 0) is 0 Å². The van der Waals surface area contributed by atoms with Crippen LogP contribution >= 0.6 is 35.7 Å². The number of likely N-dealkylation sites (N-methyl/N-ethyl adjacent to an activating group) is 1. The lowest BCUT2D eigenvalue weighted by atomic mass is 10.1. The lowest BCUT2D eigenvalue weighted by molar-refractivity contribution is 0.124. The minimum absolute atomic E-state index is 0. The SMILES string of the molecule is CCN1CCN(CC(C)CNC(=NC)NCCSc2ccccc2)CC1.I. The molecule has 5 nitrogen and oxygen atoms in total. The van der Waals surface area contributed by atoms with E-state index in [0.29, 0.717) is 5.92 Å². The number of halogens is 1. The van der Waals surface area contributed by atoms with Gasteiger partial charge in [0.1, 0.15) is 0 Å². The number of benzene rings is 1. The van der Waals surface area contributed by atoms with E-state index in [4.69, 9.17) is 0 Å². The number of nitrogens with one attached hydrogen (secondary N) is 2. The van der Waals surface area contributed by atoms with E-state index in [1.54, 1.807) is 0 Å². The van der Waals surface area contributed by atoms with Gasteiger partial charge in [-0.2, -0.15) is 0 Å². The molecule has 1 aromatic rings. The van der Waals surface area contributed by atoms with Gasteiger partial charge in [0.15, 0.2) is 5.96 Å². The highest BCUT2D eigenvalue weighted by atomic mass is 127. The molecule has 1 aliphatic rings. The van der Waals surface area contributed by atoms with Gasteiger partial charge in [-0.3, -0.25) is 4.99 Å². The Morgan fingerprint density at radius 3 is 2.41 bits per heavy atom. The maximum Gasteiger partial charge on any atom is 0.191 e. The topological polar surface area (TPSA) is 42.9 Å². The number of guanidine groups is 1. The Kier molecular flexibility index (Phi) is 13.2. The van der Waals surface area contributed by atoms with Crippen molar-refractivity contribution in [3.05, 3.63) is 30.3 Å². The molecule has 1 heterocycles. The molecule has 0 amide bonds. The van der Waals surface area contributed by atoms with Crippen LogP contribution < -0.4 is 10.6 Å². The minimum atomic E-state index is 0. The molecular formula is C20H36IN5S. The van der Waals surface area contributed by atoms with Gasteiger partial charge >= 0.3 is 0 Å². The van der Waals surface area contributed by atoms with Gasteiger partial charge in [0.25, 0.3) is 0 Å². The lowest BCUT2D eigenvalue weighted by Crippen LogP contribution is -2.48.